The summed E-state index contributed by atoms with van der Waals surface area (Å²) in [5.41, 5.74) is 1.21. The molecule has 0 radical (unpaired) electrons. The number of nitrogens with zero attached hydrogens (tertiary/aromatic N) is 5. The molecule has 0 bridgehead atoms. The zero-order valence-electron chi connectivity index (χ0n) is 17.6. The Morgan fingerprint density at radius 3 is 2.65 bits per heavy atom. The number of hydrogen-bond donors (Lipinski definition) is 0. The highest BCUT2D eigenvalue weighted by Crippen LogP contribution is 2.21. The van der Waals surface area contributed by atoms with E-state index >= 15 is 0 Å². The van der Waals surface area contributed by atoms with Crippen LogP contribution in [-0.4, -0.2) is 55.9 Å². The standard InChI is InChI=1S/C22H27N5O3S/c1-25-15-11-23-21(25)31-16-9-18-3-5-20(6-4-18)30-22(28)26-13-7-19(8-14-26)17-29-27-12-2-10-24-27/h2-6,10-12,15,19H,7-9,13-14,16-17H2,1H3. The number of aromatic nitrogens is 4. The average Bonchev–Trinajstić information content (AvgIpc) is 3.46. The van der Waals surface area contributed by atoms with Gasteiger partial charge in [-0.2, -0.15) is 0 Å². The lowest BCUT2D eigenvalue weighted by Gasteiger charge is -2.30. The molecule has 1 fully saturated rings. The molecule has 0 unspecified atom stereocenters. The number of ether oxygens (including phenoxy) is 1. The van der Waals surface area contributed by atoms with Gasteiger partial charge in [-0.1, -0.05) is 23.9 Å². The van der Waals surface area contributed by atoms with Gasteiger partial charge in [0.15, 0.2) is 5.16 Å². The summed E-state index contributed by atoms with van der Waals surface area (Å²) in [5.74, 6) is 1.94. The number of likely N-dealkylation sites (tertiary alicyclic amines) is 1. The first kappa shape index (κ1) is 21.3. The molecule has 0 aliphatic carbocycles. The van der Waals surface area contributed by atoms with Crippen molar-refractivity contribution in [2.75, 3.05) is 25.4 Å². The van der Waals surface area contributed by atoms with Crippen molar-refractivity contribution < 1.29 is 14.4 Å². The van der Waals surface area contributed by atoms with Gasteiger partial charge in [-0.25, -0.2) is 9.78 Å². The maximum atomic E-state index is 12.5. The third-order valence-corrected chi connectivity index (χ3v) is 6.38. The van der Waals surface area contributed by atoms with E-state index in [2.05, 4.69) is 10.1 Å². The molecule has 3 aromatic rings. The first-order valence-electron chi connectivity index (χ1n) is 10.5. The predicted molar refractivity (Wildman–Crippen MR) is 118 cm³/mol. The highest BCUT2D eigenvalue weighted by atomic mass is 32.2. The molecule has 164 valence electrons. The Morgan fingerprint density at radius 1 is 1.16 bits per heavy atom. The maximum Gasteiger partial charge on any atom is 0.415 e. The Hall–Kier alpha value is -2.94. The molecule has 3 heterocycles. The third kappa shape index (κ3) is 6.04. The number of hydrogen-bond acceptors (Lipinski definition) is 6. The fraction of sp³-hybridized carbons (Fsp3) is 0.409. The number of amides is 1. The minimum Gasteiger partial charge on any atom is -0.410 e. The summed E-state index contributed by atoms with van der Waals surface area (Å²) in [6.45, 7) is 1.95. The van der Waals surface area contributed by atoms with E-state index in [1.807, 2.05) is 54.3 Å². The van der Waals surface area contributed by atoms with Crippen molar-refractivity contribution in [3.8, 4) is 5.75 Å². The van der Waals surface area contributed by atoms with Gasteiger partial charge >= 0.3 is 6.09 Å². The van der Waals surface area contributed by atoms with Crippen molar-refractivity contribution in [2.24, 2.45) is 13.0 Å². The van der Waals surface area contributed by atoms with Crippen molar-refractivity contribution in [2.45, 2.75) is 24.4 Å². The van der Waals surface area contributed by atoms with Gasteiger partial charge in [0.1, 0.15) is 12.4 Å². The Bertz CT molecular complexity index is 950. The SMILES string of the molecule is Cn1ccnc1SCCc1ccc(OC(=O)N2CCC(COn3cccn3)CC2)cc1. The van der Waals surface area contributed by atoms with Crippen molar-refractivity contribution in [3.05, 3.63) is 60.7 Å². The summed E-state index contributed by atoms with van der Waals surface area (Å²) < 4.78 is 7.58. The van der Waals surface area contributed by atoms with E-state index in [1.54, 1.807) is 29.1 Å². The molecular formula is C22H27N5O3S. The molecule has 1 aliphatic rings. The van der Waals surface area contributed by atoms with Crippen LogP contribution in [0.25, 0.3) is 0 Å². The summed E-state index contributed by atoms with van der Waals surface area (Å²) in [7, 11) is 2.00. The van der Waals surface area contributed by atoms with E-state index in [4.69, 9.17) is 9.57 Å². The number of rotatable bonds is 8. The zero-order valence-corrected chi connectivity index (χ0v) is 18.4. The molecule has 1 amide bonds. The van der Waals surface area contributed by atoms with Gasteiger partial charge < -0.3 is 19.0 Å². The van der Waals surface area contributed by atoms with Crippen LogP contribution < -0.4 is 9.57 Å². The summed E-state index contributed by atoms with van der Waals surface area (Å²) >= 11 is 1.73. The minimum atomic E-state index is -0.287. The molecule has 2 aromatic heterocycles. The number of thioether (sulfide) groups is 1. The fourth-order valence-corrected chi connectivity index (χ4v) is 4.36. The van der Waals surface area contributed by atoms with Gasteiger partial charge in [-0.15, -0.1) is 9.94 Å². The second-order valence-electron chi connectivity index (χ2n) is 7.57. The summed E-state index contributed by atoms with van der Waals surface area (Å²) in [5, 5.41) is 5.05. The minimum absolute atomic E-state index is 0.287. The fourth-order valence-electron chi connectivity index (χ4n) is 3.44. The van der Waals surface area contributed by atoms with Gasteiger partial charge in [-0.05, 0) is 48.9 Å². The van der Waals surface area contributed by atoms with Crippen LogP contribution in [0.3, 0.4) is 0 Å². The van der Waals surface area contributed by atoms with Crippen molar-refractivity contribution >= 4 is 17.9 Å². The van der Waals surface area contributed by atoms with E-state index < -0.39 is 0 Å². The molecule has 0 spiro atoms. The van der Waals surface area contributed by atoms with Crippen LogP contribution in [0.1, 0.15) is 18.4 Å². The lowest BCUT2D eigenvalue weighted by molar-refractivity contribution is 0.0366. The van der Waals surface area contributed by atoms with E-state index in [0.29, 0.717) is 31.4 Å². The van der Waals surface area contributed by atoms with Crippen LogP contribution in [0.15, 0.2) is 60.3 Å². The number of carbonyl (C=O) groups excluding carboxylic acids is 1. The largest absolute Gasteiger partial charge is 0.415 e. The molecule has 31 heavy (non-hydrogen) atoms. The van der Waals surface area contributed by atoms with Gasteiger partial charge in [0.2, 0.25) is 0 Å². The Balaban J connectivity index is 1.17. The molecule has 1 saturated heterocycles. The molecule has 0 N–H and O–H groups in total. The van der Waals surface area contributed by atoms with Crippen LogP contribution >= 0.6 is 11.8 Å². The monoisotopic (exact) mass is 441 g/mol. The molecule has 1 aromatic carbocycles. The van der Waals surface area contributed by atoms with Gasteiger partial charge in [0.25, 0.3) is 0 Å². The lowest BCUT2D eigenvalue weighted by atomic mass is 9.98. The number of benzene rings is 1. The Kier molecular flexibility index (Phi) is 7.14. The molecule has 9 heteroatoms. The molecule has 0 atom stereocenters. The normalized spacial score (nSPS) is 14.5. The molecular weight excluding hydrogens is 414 g/mol. The first-order chi connectivity index (χ1) is 15.2. The summed E-state index contributed by atoms with van der Waals surface area (Å²) in [6, 6.07) is 9.58. The summed E-state index contributed by atoms with van der Waals surface area (Å²) in [4.78, 5) is 25.6. The average molecular weight is 442 g/mol. The predicted octanol–water partition coefficient (Wildman–Crippen LogP) is 3.29. The van der Waals surface area contributed by atoms with Crippen LogP contribution in [0.4, 0.5) is 4.79 Å². The second kappa shape index (κ2) is 10.4. The van der Waals surface area contributed by atoms with Crippen LogP contribution in [-0.2, 0) is 13.5 Å². The first-order valence-corrected chi connectivity index (χ1v) is 11.4. The topological polar surface area (TPSA) is 74.4 Å². The van der Waals surface area contributed by atoms with Crippen LogP contribution in [0.2, 0.25) is 0 Å². The van der Waals surface area contributed by atoms with Gasteiger partial charge in [-0.3, -0.25) is 0 Å². The van der Waals surface area contributed by atoms with Gasteiger partial charge in [0, 0.05) is 38.3 Å². The molecule has 4 rings (SSSR count). The number of piperidine rings is 1. The van der Waals surface area contributed by atoms with Crippen LogP contribution in [0, 0.1) is 5.92 Å². The molecule has 0 saturated carbocycles. The number of aryl methyl sites for hydroxylation is 2. The van der Waals surface area contributed by atoms with Crippen molar-refractivity contribution in [3.63, 3.8) is 0 Å². The lowest BCUT2D eigenvalue weighted by Crippen LogP contribution is -2.41. The molecule has 1 aliphatic heterocycles. The van der Waals surface area contributed by atoms with E-state index in [0.717, 1.165) is 30.2 Å². The highest BCUT2D eigenvalue weighted by molar-refractivity contribution is 7.99. The Labute approximate surface area is 186 Å². The van der Waals surface area contributed by atoms with E-state index in [9.17, 15) is 4.79 Å². The number of imidazole rings is 1. The molecule has 8 nitrogen and oxygen atoms in total. The highest BCUT2D eigenvalue weighted by Gasteiger charge is 2.24. The second-order valence-corrected chi connectivity index (χ2v) is 8.63. The van der Waals surface area contributed by atoms with Crippen LogP contribution in [0.5, 0.6) is 5.75 Å². The zero-order chi connectivity index (χ0) is 21.5. The summed E-state index contributed by atoms with van der Waals surface area (Å²) in [6.07, 6.45) is 9.64. The van der Waals surface area contributed by atoms with Gasteiger partial charge in [0.05, 0.1) is 12.4 Å². The quantitative estimate of drug-likeness (QED) is 0.500. The maximum absolute atomic E-state index is 12.5. The smallest absolute Gasteiger partial charge is 0.410 e. The third-order valence-electron chi connectivity index (χ3n) is 5.32. The van der Waals surface area contributed by atoms with E-state index in [-0.39, 0.29) is 6.09 Å². The Morgan fingerprint density at radius 2 is 1.97 bits per heavy atom. The van der Waals surface area contributed by atoms with Crippen molar-refractivity contribution in [1.29, 1.82) is 0 Å². The van der Waals surface area contributed by atoms with Crippen molar-refractivity contribution in [1.82, 2.24) is 24.4 Å². The number of carbonyl (C=O) groups is 1. The van der Waals surface area contributed by atoms with E-state index in [1.165, 1.54) is 10.4 Å².